The van der Waals surface area contributed by atoms with Crippen LogP contribution in [0.3, 0.4) is 0 Å². The maximum absolute atomic E-state index is 5.49. The van der Waals surface area contributed by atoms with Crippen LogP contribution in [0.2, 0.25) is 0 Å². The first-order chi connectivity index (χ1) is 7.83. The maximum Gasteiger partial charge on any atom is 0.0591 e. The molecule has 0 radical (unpaired) electrons. The molecule has 0 spiro atoms. The van der Waals surface area contributed by atoms with Gasteiger partial charge in [0.1, 0.15) is 0 Å². The number of hydrogen-bond donors (Lipinski definition) is 1. The van der Waals surface area contributed by atoms with Gasteiger partial charge in [-0.2, -0.15) is 0 Å². The first kappa shape index (κ1) is 13.9. The molecule has 0 amide bonds. The van der Waals surface area contributed by atoms with Crippen molar-refractivity contribution < 1.29 is 9.47 Å². The van der Waals surface area contributed by atoms with Crippen LogP contribution < -0.4 is 5.32 Å². The summed E-state index contributed by atoms with van der Waals surface area (Å²) in [5.74, 6) is 0. The smallest absolute Gasteiger partial charge is 0.0591 e. The molecule has 4 nitrogen and oxygen atoms in total. The van der Waals surface area contributed by atoms with Gasteiger partial charge in [-0.3, -0.25) is 0 Å². The molecule has 0 aromatic carbocycles. The number of nitrogens with zero attached hydrogens (tertiary/aromatic N) is 1. The molecule has 0 bridgehead atoms. The molecule has 1 aliphatic rings. The Kier molecular flexibility index (Phi) is 7.76. The lowest BCUT2D eigenvalue weighted by Gasteiger charge is -2.29. The Labute approximate surface area is 99.3 Å². The van der Waals surface area contributed by atoms with Crippen LogP contribution in [0.4, 0.5) is 0 Å². The number of likely N-dealkylation sites (tertiary alicyclic amines) is 1. The highest BCUT2D eigenvalue weighted by atomic mass is 16.5. The topological polar surface area (TPSA) is 33.7 Å². The average molecular weight is 230 g/mol. The number of rotatable bonds is 8. The van der Waals surface area contributed by atoms with Crippen molar-refractivity contribution >= 4 is 0 Å². The molecule has 0 unspecified atom stereocenters. The van der Waals surface area contributed by atoms with Gasteiger partial charge in [0.05, 0.1) is 6.61 Å². The largest absolute Gasteiger partial charge is 0.385 e. The summed E-state index contributed by atoms with van der Waals surface area (Å²) in [6, 6.07) is 0.693. The monoisotopic (exact) mass is 230 g/mol. The predicted octanol–water partition coefficient (Wildman–Crippen LogP) is 0.723. The van der Waals surface area contributed by atoms with Crippen LogP contribution in [0.25, 0.3) is 0 Å². The fraction of sp³-hybridized carbons (Fsp3) is 1.00. The highest BCUT2D eigenvalue weighted by molar-refractivity contribution is 4.74. The van der Waals surface area contributed by atoms with Crippen LogP contribution in [-0.2, 0) is 9.47 Å². The summed E-state index contributed by atoms with van der Waals surface area (Å²) >= 11 is 0. The van der Waals surface area contributed by atoms with Gasteiger partial charge in [-0.25, -0.2) is 0 Å². The van der Waals surface area contributed by atoms with E-state index < -0.39 is 0 Å². The summed E-state index contributed by atoms with van der Waals surface area (Å²) in [5, 5.41) is 3.55. The van der Waals surface area contributed by atoms with E-state index >= 15 is 0 Å². The molecule has 4 heteroatoms. The molecule has 1 N–H and O–H groups in total. The Bertz CT molecular complexity index is 159. The second-order valence-electron chi connectivity index (χ2n) is 4.49. The number of hydrogen-bond acceptors (Lipinski definition) is 4. The molecule has 1 saturated heterocycles. The van der Waals surface area contributed by atoms with Gasteiger partial charge in [-0.05, 0) is 39.4 Å². The van der Waals surface area contributed by atoms with E-state index in [1.165, 1.54) is 25.9 Å². The van der Waals surface area contributed by atoms with Gasteiger partial charge in [0.25, 0.3) is 0 Å². The molecular weight excluding hydrogens is 204 g/mol. The number of methoxy groups -OCH3 is 1. The van der Waals surface area contributed by atoms with E-state index in [9.17, 15) is 0 Å². The van der Waals surface area contributed by atoms with Crippen LogP contribution in [0.1, 0.15) is 19.3 Å². The number of ether oxygens (including phenoxy) is 2. The normalized spacial score (nSPS) is 19.1. The number of piperidine rings is 1. The van der Waals surface area contributed by atoms with Crippen molar-refractivity contribution in [3.8, 4) is 0 Å². The highest BCUT2D eigenvalue weighted by Crippen LogP contribution is 2.07. The Morgan fingerprint density at radius 3 is 2.62 bits per heavy atom. The van der Waals surface area contributed by atoms with E-state index in [0.29, 0.717) is 6.04 Å². The lowest BCUT2D eigenvalue weighted by Crippen LogP contribution is -2.41. The van der Waals surface area contributed by atoms with Crippen molar-refractivity contribution in [2.24, 2.45) is 0 Å². The molecule has 0 atom stereocenters. The summed E-state index contributed by atoms with van der Waals surface area (Å²) in [4.78, 5) is 2.39. The predicted molar refractivity (Wildman–Crippen MR) is 65.8 cm³/mol. The van der Waals surface area contributed by atoms with E-state index in [0.717, 1.165) is 32.8 Å². The second-order valence-corrected chi connectivity index (χ2v) is 4.49. The highest BCUT2D eigenvalue weighted by Gasteiger charge is 2.15. The van der Waals surface area contributed by atoms with Crippen molar-refractivity contribution in [1.29, 1.82) is 0 Å². The standard InChI is InChI=1S/C12H26N2O2/c1-14-7-4-12(5-8-14)13-6-11-16-10-3-9-15-2/h12-13H,3-11H2,1-2H3. The van der Waals surface area contributed by atoms with Crippen LogP contribution in [-0.4, -0.2) is 64.6 Å². The Morgan fingerprint density at radius 2 is 1.94 bits per heavy atom. The summed E-state index contributed by atoms with van der Waals surface area (Å²) < 4.78 is 10.4. The van der Waals surface area contributed by atoms with E-state index in [2.05, 4.69) is 17.3 Å². The molecule has 0 aliphatic carbocycles. The third kappa shape index (κ3) is 6.43. The van der Waals surface area contributed by atoms with Gasteiger partial charge >= 0.3 is 0 Å². The molecule has 0 saturated carbocycles. The summed E-state index contributed by atoms with van der Waals surface area (Å²) in [6.07, 6.45) is 3.52. The van der Waals surface area contributed by atoms with Gasteiger partial charge < -0.3 is 19.7 Å². The molecule has 1 fully saturated rings. The molecule has 0 aromatic heterocycles. The zero-order chi connectivity index (χ0) is 11.6. The molecule has 1 aliphatic heterocycles. The van der Waals surface area contributed by atoms with Crippen molar-refractivity contribution in [3.05, 3.63) is 0 Å². The Hall–Kier alpha value is -0.160. The summed E-state index contributed by atoms with van der Waals surface area (Å²) in [7, 11) is 3.91. The third-order valence-electron chi connectivity index (χ3n) is 3.04. The Morgan fingerprint density at radius 1 is 1.19 bits per heavy atom. The zero-order valence-electron chi connectivity index (χ0n) is 10.7. The molecule has 96 valence electrons. The zero-order valence-corrected chi connectivity index (χ0v) is 10.7. The van der Waals surface area contributed by atoms with Crippen molar-refractivity contribution in [2.45, 2.75) is 25.3 Å². The quantitative estimate of drug-likeness (QED) is 0.623. The maximum atomic E-state index is 5.49. The van der Waals surface area contributed by atoms with E-state index in [-0.39, 0.29) is 0 Å². The van der Waals surface area contributed by atoms with E-state index in [4.69, 9.17) is 9.47 Å². The third-order valence-corrected chi connectivity index (χ3v) is 3.04. The average Bonchev–Trinajstić information content (AvgIpc) is 2.30. The minimum Gasteiger partial charge on any atom is -0.385 e. The fourth-order valence-corrected chi connectivity index (χ4v) is 1.96. The van der Waals surface area contributed by atoms with E-state index in [1.54, 1.807) is 7.11 Å². The lowest BCUT2D eigenvalue weighted by molar-refractivity contribution is 0.101. The lowest BCUT2D eigenvalue weighted by atomic mass is 10.1. The van der Waals surface area contributed by atoms with Crippen LogP contribution in [0.15, 0.2) is 0 Å². The van der Waals surface area contributed by atoms with Crippen LogP contribution in [0.5, 0.6) is 0 Å². The summed E-state index contributed by atoms with van der Waals surface area (Å²) in [6.45, 7) is 5.82. The van der Waals surface area contributed by atoms with Crippen molar-refractivity contribution in [3.63, 3.8) is 0 Å². The van der Waals surface area contributed by atoms with Gasteiger partial charge in [-0.1, -0.05) is 0 Å². The van der Waals surface area contributed by atoms with Gasteiger partial charge in [0.15, 0.2) is 0 Å². The van der Waals surface area contributed by atoms with Gasteiger partial charge in [-0.15, -0.1) is 0 Å². The van der Waals surface area contributed by atoms with Crippen molar-refractivity contribution in [2.75, 3.05) is 53.6 Å². The van der Waals surface area contributed by atoms with Gasteiger partial charge in [0.2, 0.25) is 0 Å². The minimum atomic E-state index is 0.693. The molecule has 1 heterocycles. The van der Waals surface area contributed by atoms with E-state index in [1.807, 2.05) is 0 Å². The van der Waals surface area contributed by atoms with Crippen LogP contribution in [0, 0.1) is 0 Å². The molecule has 0 aromatic rings. The SMILES string of the molecule is COCCCOCCNC1CCN(C)CC1. The first-order valence-corrected chi connectivity index (χ1v) is 6.31. The first-order valence-electron chi connectivity index (χ1n) is 6.31. The molecule has 1 rings (SSSR count). The minimum absolute atomic E-state index is 0.693. The Balaban J connectivity index is 1.84. The number of nitrogens with one attached hydrogen (secondary N) is 1. The molecule has 16 heavy (non-hydrogen) atoms. The fourth-order valence-electron chi connectivity index (χ4n) is 1.96. The van der Waals surface area contributed by atoms with Crippen LogP contribution >= 0.6 is 0 Å². The summed E-state index contributed by atoms with van der Waals surface area (Å²) in [5.41, 5.74) is 0. The second kappa shape index (κ2) is 8.93. The van der Waals surface area contributed by atoms with Gasteiger partial charge in [0, 0.05) is 32.9 Å². The van der Waals surface area contributed by atoms with Crippen molar-refractivity contribution in [1.82, 2.24) is 10.2 Å². The molecular formula is C12H26N2O2.